The first-order valence-electron chi connectivity index (χ1n) is 6.80. The lowest BCUT2D eigenvalue weighted by Crippen LogP contribution is -2.65. The molecule has 0 aromatic rings. The third kappa shape index (κ3) is 5.09. The number of hydrogen-bond donors (Lipinski definition) is 4. The highest BCUT2D eigenvalue weighted by Crippen LogP contribution is 2.25. The lowest BCUT2D eigenvalue weighted by atomic mass is 9.96. The van der Waals surface area contributed by atoms with Crippen LogP contribution in [-0.2, 0) is 14.3 Å². The van der Waals surface area contributed by atoms with Crippen LogP contribution in [0.15, 0.2) is 5.11 Å². The number of nitrogens with zero attached hydrogens (tertiary/aromatic N) is 3. The fourth-order valence-corrected chi connectivity index (χ4v) is 2.01. The van der Waals surface area contributed by atoms with E-state index in [1.165, 1.54) is 0 Å². The highest BCUT2D eigenvalue weighted by Gasteiger charge is 2.46. The highest BCUT2D eigenvalue weighted by molar-refractivity contribution is 5.78. The summed E-state index contributed by atoms with van der Waals surface area (Å²) in [6.45, 7) is 4.28. The van der Waals surface area contributed by atoms with E-state index in [4.69, 9.17) is 15.0 Å². The van der Waals surface area contributed by atoms with Crippen LogP contribution in [-0.4, -0.2) is 70.6 Å². The SMILES string of the molecule is CC(C)(C)O[C@H]1OC(CO)[C@H](O)[C@H](O)C1NC(=O)CN=[N+]=[N-]. The molecule has 1 rings (SSSR count). The van der Waals surface area contributed by atoms with Crippen LogP contribution in [0.2, 0.25) is 0 Å². The second-order valence-corrected chi connectivity index (χ2v) is 5.92. The number of aliphatic hydroxyl groups is 3. The van der Waals surface area contributed by atoms with Gasteiger partial charge in [-0.05, 0) is 26.3 Å². The van der Waals surface area contributed by atoms with Crippen LogP contribution in [0, 0.1) is 0 Å². The third-order valence-corrected chi connectivity index (χ3v) is 2.96. The minimum Gasteiger partial charge on any atom is -0.394 e. The molecule has 0 aromatic carbocycles. The topological polar surface area (TPSA) is 157 Å². The van der Waals surface area contributed by atoms with Crippen molar-refractivity contribution in [3.63, 3.8) is 0 Å². The zero-order valence-electron chi connectivity index (χ0n) is 12.7. The molecule has 0 aliphatic carbocycles. The molecule has 0 bridgehead atoms. The van der Waals surface area contributed by atoms with Crippen LogP contribution in [0.5, 0.6) is 0 Å². The average Bonchev–Trinajstić information content (AvgIpc) is 2.43. The zero-order chi connectivity index (χ0) is 16.9. The summed E-state index contributed by atoms with van der Waals surface area (Å²) in [4.78, 5) is 14.1. The number of ether oxygens (including phenoxy) is 2. The van der Waals surface area contributed by atoms with Crippen molar-refractivity contribution in [2.24, 2.45) is 5.11 Å². The predicted octanol–water partition coefficient (Wildman–Crippen LogP) is -0.964. The van der Waals surface area contributed by atoms with Crippen molar-refractivity contribution in [3.8, 4) is 0 Å². The van der Waals surface area contributed by atoms with Gasteiger partial charge < -0.3 is 30.1 Å². The number of carbonyl (C=O) groups is 1. The number of azide groups is 1. The third-order valence-electron chi connectivity index (χ3n) is 2.96. The van der Waals surface area contributed by atoms with Gasteiger partial charge in [-0.25, -0.2) is 0 Å². The molecule has 1 aliphatic rings. The van der Waals surface area contributed by atoms with Gasteiger partial charge >= 0.3 is 0 Å². The van der Waals surface area contributed by atoms with Gasteiger partial charge in [0.25, 0.3) is 0 Å². The van der Waals surface area contributed by atoms with Crippen molar-refractivity contribution in [2.45, 2.75) is 57.0 Å². The Morgan fingerprint density at radius 1 is 1.41 bits per heavy atom. The van der Waals surface area contributed by atoms with E-state index in [0.717, 1.165) is 0 Å². The fraction of sp³-hybridized carbons (Fsp3) is 0.917. The Morgan fingerprint density at radius 3 is 2.55 bits per heavy atom. The number of rotatable bonds is 5. The summed E-state index contributed by atoms with van der Waals surface area (Å²) in [7, 11) is 0. The van der Waals surface area contributed by atoms with E-state index in [1.807, 2.05) is 0 Å². The fourth-order valence-electron chi connectivity index (χ4n) is 2.01. The van der Waals surface area contributed by atoms with Gasteiger partial charge in [0.05, 0.1) is 12.2 Å². The first-order valence-corrected chi connectivity index (χ1v) is 6.80. The highest BCUT2D eigenvalue weighted by atomic mass is 16.7. The maximum absolute atomic E-state index is 11.7. The lowest BCUT2D eigenvalue weighted by Gasteiger charge is -2.44. The van der Waals surface area contributed by atoms with Gasteiger partial charge in [-0.2, -0.15) is 0 Å². The molecule has 5 atom stereocenters. The molecule has 1 aliphatic heterocycles. The Hall–Kier alpha value is -1.42. The molecule has 4 N–H and O–H groups in total. The Bertz CT molecular complexity index is 434. The van der Waals surface area contributed by atoms with Crippen LogP contribution in [0.25, 0.3) is 10.4 Å². The molecular weight excluding hydrogens is 296 g/mol. The van der Waals surface area contributed by atoms with E-state index in [1.54, 1.807) is 20.8 Å². The molecule has 2 unspecified atom stereocenters. The van der Waals surface area contributed by atoms with Gasteiger partial charge in [0.2, 0.25) is 5.91 Å². The number of aliphatic hydroxyl groups excluding tert-OH is 3. The van der Waals surface area contributed by atoms with Crippen LogP contribution in [0.1, 0.15) is 20.8 Å². The molecule has 10 nitrogen and oxygen atoms in total. The number of amides is 1. The normalized spacial score (nSPS) is 32.2. The lowest BCUT2D eigenvalue weighted by molar-refractivity contribution is -0.292. The van der Waals surface area contributed by atoms with Crippen LogP contribution >= 0.6 is 0 Å². The quantitative estimate of drug-likeness (QED) is 0.290. The van der Waals surface area contributed by atoms with Crippen molar-refractivity contribution in [2.75, 3.05) is 13.2 Å². The van der Waals surface area contributed by atoms with Gasteiger partial charge in [-0.3, -0.25) is 4.79 Å². The average molecular weight is 318 g/mol. The molecule has 0 aromatic heterocycles. The van der Waals surface area contributed by atoms with Crippen molar-refractivity contribution >= 4 is 5.91 Å². The monoisotopic (exact) mass is 318 g/mol. The zero-order valence-corrected chi connectivity index (χ0v) is 12.7. The molecule has 126 valence electrons. The van der Waals surface area contributed by atoms with Gasteiger partial charge in [-0.15, -0.1) is 0 Å². The second kappa shape index (κ2) is 7.73. The van der Waals surface area contributed by atoms with Crippen LogP contribution < -0.4 is 5.32 Å². The van der Waals surface area contributed by atoms with E-state index in [2.05, 4.69) is 15.3 Å². The molecule has 0 spiro atoms. The van der Waals surface area contributed by atoms with Crippen molar-refractivity contribution < 1.29 is 29.6 Å². The summed E-state index contributed by atoms with van der Waals surface area (Å²) in [5.74, 6) is -0.650. The molecule has 0 radical (unpaired) electrons. The van der Waals surface area contributed by atoms with Crippen LogP contribution in [0.3, 0.4) is 0 Å². The summed E-state index contributed by atoms with van der Waals surface area (Å²) in [5.41, 5.74) is 7.55. The van der Waals surface area contributed by atoms with E-state index in [9.17, 15) is 20.1 Å². The number of nitrogens with one attached hydrogen (secondary N) is 1. The number of hydrogen-bond acceptors (Lipinski definition) is 7. The largest absolute Gasteiger partial charge is 0.394 e. The van der Waals surface area contributed by atoms with Crippen molar-refractivity contribution in [3.05, 3.63) is 10.4 Å². The first-order chi connectivity index (χ1) is 10.2. The Labute approximate surface area is 127 Å². The molecule has 1 heterocycles. The predicted molar refractivity (Wildman–Crippen MR) is 74.5 cm³/mol. The van der Waals surface area contributed by atoms with E-state index in [-0.39, 0.29) is 0 Å². The number of carbonyl (C=O) groups excluding carboxylic acids is 1. The molecule has 1 fully saturated rings. The van der Waals surface area contributed by atoms with Gasteiger partial charge in [0, 0.05) is 4.91 Å². The summed E-state index contributed by atoms with van der Waals surface area (Å²) >= 11 is 0. The van der Waals surface area contributed by atoms with Gasteiger partial charge in [0.1, 0.15) is 30.9 Å². The Kier molecular flexibility index (Phi) is 6.54. The maximum Gasteiger partial charge on any atom is 0.226 e. The van der Waals surface area contributed by atoms with E-state index < -0.39 is 55.3 Å². The Morgan fingerprint density at radius 2 is 2.05 bits per heavy atom. The first kappa shape index (κ1) is 18.6. The summed E-state index contributed by atoms with van der Waals surface area (Å²) in [6, 6.07) is -1.07. The van der Waals surface area contributed by atoms with Crippen molar-refractivity contribution in [1.29, 1.82) is 0 Å². The molecule has 0 saturated carbocycles. The smallest absolute Gasteiger partial charge is 0.226 e. The minimum atomic E-state index is -1.41. The van der Waals surface area contributed by atoms with Gasteiger partial charge in [-0.1, -0.05) is 5.11 Å². The van der Waals surface area contributed by atoms with Gasteiger partial charge in [0.15, 0.2) is 6.29 Å². The molecule has 1 saturated heterocycles. The minimum absolute atomic E-state index is 0.457. The van der Waals surface area contributed by atoms with E-state index in [0.29, 0.717) is 0 Å². The summed E-state index contributed by atoms with van der Waals surface area (Å²) < 4.78 is 11.0. The Balaban J connectivity index is 2.89. The maximum atomic E-state index is 11.7. The molecule has 1 amide bonds. The van der Waals surface area contributed by atoms with Crippen LogP contribution in [0.4, 0.5) is 0 Å². The summed E-state index contributed by atoms with van der Waals surface area (Å²) in [6.07, 6.45) is -4.92. The van der Waals surface area contributed by atoms with Crippen molar-refractivity contribution in [1.82, 2.24) is 5.32 Å². The molecule has 10 heteroatoms. The second-order valence-electron chi connectivity index (χ2n) is 5.92. The van der Waals surface area contributed by atoms with E-state index >= 15 is 0 Å². The molecular formula is C12H22N4O6. The standard InChI is InChI=1S/C12H22N4O6/c1-12(2,3)22-11-8(15-7(18)4-14-16-13)10(20)9(19)6(5-17)21-11/h6,8-11,17,19-20H,4-5H2,1-3H3,(H,15,18)/t6?,8?,9-,10+,11+/m0/s1. The molecule has 22 heavy (non-hydrogen) atoms. The summed E-state index contributed by atoms with van der Waals surface area (Å²) in [5, 5.41) is 34.7.